The lowest BCUT2D eigenvalue weighted by Gasteiger charge is -2.29. The first-order valence-corrected chi connectivity index (χ1v) is 13.4. The van der Waals surface area contributed by atoms with Gasteiger partial charge >= 0.3 is 11.9 Å². The Morgan fingerprint density at radius 1 is 0.923 bits per heavy atom. The number of carbonyl (C=O) groups excluding carboxylic acids is 4. The molecule has 0 spiro atoms. The van der Waals surface area contributed by atoms with Gasteiger partial charge in [-0.2, -0.15) is 0 Å². The lowest BCUT2D eigenvalue weighted by molar-refractivity contribution is -0.167. The van der Waals surface area contributed by atoms with Crippen molar-refractivity contribution in [3.05, 3.63) is 66.2 Å². The van der Waals surface area contributed by atoms with Crippen LogP contribution in [0.2, 0.25) is 0 Å². The van der Waals surface area contributed by atoms with Gasteiger partial charge in [-0.05, 0) is 38.1 Å². The number of oxazole rings is 1. The summed E-state index contributed by atoms with van der Waals surface area (Å²) in [4.78, 5) is 57.0. The summed E-state index contributed by atoms with van der Waals surface area (Å²) in [6, 6.07) is 14.6. The summed E-state index contributed by atoms with van der Waals surface area (Å²) in [5, 5.41) is 2.31. The first kappa shape index (κ1) is 29.6. The minimum atomic E-state index is -2.27. The Kier molecular flexibility index (Phi) is 10.1. The van der Waals surface area contributed by atoms with Crippen LogP contribution in [0.5, 0.6) is 0 Å². The predicted octanol–water partition coefficient (Wildman–Crippen LogP) is 5.19. The SMILES string of the molecule is CCOC(=O)C(CC(=O)c1ccc(Sc2ccc(-c3coc(C(C)C)n3)cc2)cc1)(NC(C)=O)C(=O)OCC. The van der Waals surface area contributed by atoms with Crippen LogP contribution in [0.25, 0.3) is 11.3 Å². The Morgan fingerprint density at radius 2 is 1.46 bits per heavy atom. The van der Waals surface area contributed by atoms with E-state index >= 15 is 0 Å². The Hall–Kier alpha value is -3.92. The molecule has 1 amide bonds. The fourth-order valence-electron chi connectivity index (χ4n) is 3.75. The van der Waals surface area contributed by atoms with Gasteiger partial charge in [0.2, 0.25) is 11.4 Å². The summed E-state index contributed by atoms with van der Waals surface area (Å²) in [5.41, 5.74) is -0.282. The van der Waals surface area contributed by atoms with Crippen molar-refractivity contribution in [2.45, 2.75) is 62.3 Å². The smallest absolute Gasteiger partial charge is 0.344 e. The van der Waals surface area contributed by atoms with Crippen LogP contribution in [0.3, 0.4) is 0 Å². The third-order valence-electron chi connectivity index (χ3n) is 5.64. The van der Waals surface area contributed by atoms with Crippen LogP contribution < -0.4 is 5.32 Å². The molecular formula is C29H32N2O7S. The van der Waals surface area contributed by atoms with E-state index in [2.05, 4.69) is 10.3 Å². The number of nitrogens with one attached hydrogen (secondary N) is 1. The van der Waals surface area contributed by atoms with Crippen molar-refractivity contribution in [3.63, 3.8) is 0 Å². The highest BCUT2D eigenvalue weighted by Crippen LogP contribution is 2.31. The topological polar surface area (TPSA) is 125 Å². The number of carbonyl (C=O) groups is 4. The molecule has 1 N–H and O–H groups in total. The molecule has 39 heavy (non-hydrogen) atoms. The molecule has 0 saturated carbocycles. The maximum atomic E-state index is 13.2. The van der Waals surface area contributed by atoms with E-state index in [1.165, 1.54) is 11.8 Å². The zero-order valence-corrected chi connectivity index (χ0v) is 23.4. The van der Waals surface area contributed by atoms with Crippen molar-refractivity contribution in [1.82, 2.24) is 10.3 Å². The molecule has 0 atom stereocenters. The summed E-state index contributed by atoms with van der Waals surface area (Å²) in [6.07, 6.45) is 1.01. The van der Waals surface area contributed by atoms with Gasteiger partial charge in [0.25, 0.3) is 0 Å². The molecule has 0 aliphatic rings. The molecule has 10 heteroatoms. The molecule has 1 aromatic heterocycles. The first-order valence-electron chi connectivity index (χ1n) is 12.6. The fraction of sp³-hybridized carbons (Fsp3) is 0.345. The molecule has 0 bridgehead atoms. The molecule has 9 nitrogen and oxygen atoms in total. The van der Waals surface area contributed by atoms with Crippen LogP contribution in [0.1, 0.15) is 63.2 Å². The second-order valence-corrected chi connectivity index (χ2v) is 10.2. The number of ether oxygens (including phenoxy) is 2. The number of rotatable bonds is 12. The van der Waals surface area contributed by atoms with E-state index in [-0.39, 0.29) is 24.7 Å². The van der Waals surface area contributed by atoms with Crippen molar-refractivity contribution in [3.8, 4) is 11.3 Å². The Morgan fingerprint density at radius 3 is 1.92 bits per heavy atom. The highest BCUT2D eigenvalue weighted by molar-refractivity contribution is 7.99. The van der Waals surface area contributed by atoms with Crippen LogP contribution in [-0.4, -0.2) is 47.4 Å². The van der Waals surface area contributed by atoms with E-state index in [0.29, 0.717) is 5.89 Å². The van der Waals surface area contributed by atoms with E-state index in [1.807, 2.05) is 38.1 Å². The van der Waals surface area contributed by atoms with Gasteiger partial charge in [-0.15, -0.1) is 0 Å². The summed E-state index contributed by atoms with van der Waals surface area (Å²) < 4.78 is 15.6. The van der Waals surface area contributed by atoms with Crippen LogP contribution in [0.4, 0.5) is 0 Å². The highest BCUT2D eigenvalue weighted by atomic mass is 32.2. The van der Waals surface area contributed by atoms with Crippen molar-refractivity contribution in [2.24, 2.45) is 0 Å². The molecule has 206 valence electrons. The number of esters is 2. The van der Waals surface area contributed by atoms with E-state index < -0.39 is 35.6 Å². The van der Waals surface area contributed by atoms with Crippen LogP contribution >= 0.6 is 11.8 Å². The Bertz CT molecular complexity index is 1300. The van der Waals surface area contributed by atoms with Gasteiger partial charge in [0, 0.05) is 33.8 Å². The molecule has 0 radical (unpaired) electrons. The maximum Gasteiger partial charge on any atom is 0.344 e. The van der Waals surface area contributed by atoms with Gasteiger partial charge in [-0.1, -0.05) is 49.9 Å². The fourth-order valence-corrected chi connectivity index (χ4v) is 4.57. The molecule has 0 unspecified atom stereocenters. The van der Waals surface area contributed by atoms with Gasteiger partial charge in [0.15, 0.2) is 11.7 Å². The van der Waals surface area contributed by atoms with Crippen molar-refractivity contribution >= 4 is 35.4 Å². The quantitative estimate of drug-likeness (QED) is 0.184. The van der Waals surface area contributed by atoms with Gasteiger partial charge < -0.3 is 19.2 Å². The van der Waals surface area contributed by atoms with Crippen LogP contribution in [0.15, 0.2) is 69.0 Å². The number of hydrogen-bond acceptors (Lipinski definition) is 9. The number of nitrogens with zero attached hydrogens (tertiary/aromatic N) is 1. The first-order chi connectivity index (χ1) is 18.6. The largest absolute Gasteiger partial charge is 0.464 e. The molecule has 0 fully saturated rings. The number of aromatic nitrogens is 1. The van der Waals surface area contributed by atoms with E-state index in [1.54, 1.807) is 44.4 Å². The van der Waals surface area contributed by atoms with Crippen molar-refractivity contribution in [2.75, 3.05) is 13.2 Å². The van der Waals surface area contributed by atoms with Gasteiger partial charge in [-0.25, -0.2) is 14.6 Å². The standard InChI is InChI=1S/C29H32N2O7S/c1-6-36-27(34)29(31-19(5)32,28(35)37-7-2)16-25(33)21-10-14-23(15-11-21)39-22-12-8-20(9-13-22)24-17-38-26(30-24)18(3)4/h8-15,17-18H,6-7,16H2,1-5H3,(H,31,32). The third-order valence-corrected chi connectivity index (χ3v) is 6.66. The van der Waals surface area contributed by atoms with Crippen molar-refractivity contribution in [1.29, 1.82) is 0 Å². The molecule has 0 aliphatic carbocycles. The van der Waals surface area contributed by atoms with Crippen LogP contribution in [0, 0.1) is 0 Å². The number of hydrogen-bond donors (Lipinski definition) is 1. The predicted molar refractivity (Wildman–Crippen MR) is 145 cm³/mol. The lowest BCUT2D eigenvalue weighted by atomic mass is 9.90. The molecule has 0 saturated heterocycles. The second kappa shape index (κ2) is 13.2. The lowest BCUT2D eigenvalue weighted by Crippen LogP contribution is -2.62. The maximum absolute atomic E-state index is 13.2. The molecule has 2 aromatic carbocycles. The number of amides is 1. The minimum Gasteiger partial charge on any atom is -0.464 e. The molecule has 3 rings (SSSR count). The minimum absolute atomic E-state index is 0.0434. The molecule has 1 heterocycles. The number of ketones is 1. The Balaban J connectivity index is 1.75. The Labute approximate surface area is 231 Å². The summed E-state index contributed by atoms with van der Waals surface area (Å²) >= 11 is 1.51. The number of Topliss-reactive ketones (excluding diaryl/α,β-unsaturated/α-hetero) is 1. The number of benzene rings is 2. The second-order valence-electron chi connectivity index (χ2n) is 9.00. The summed E-state index contributed by atoms with van der Waals surface area (Å²) in [5.74, 6) is -2.40. The summed E-state index contributed by atoms with van der Waals surface area (Å²) in [7, 11) is 0. The average molecular weight is 553 g/mol. The van der Waals surface area contributed by atoms with E-state index in [4.69, 9.17) is 13.9 Å². The van der Waals surface area contributed by atoms with Gasteiger partial charge in [0.1, 0.15) is 12.0 Å². The normalized spacial score (nSPS) is 11.2. The zero-order valence-electron chi connectivity index (χ0n) is 22.6. The molecule has 3 aromatic rings. The monoisotopic (exact) mass is 552 g/mol. The van der Waals surface area contributed by atoms with Gasteiger partial charge in [-0.3, -0.25) is 9.59 Å². The highest BCUT2D eigenvalue weighted by Gasteiger charge is 2.51. The van der Waals surface area contributed by atoms with Crippen molar-refractivity contribution < 1.29 is 33.1 Å². The molecular weight excluding hydrogens is 520 g/mol. The zero-order chi connectivity index (χ0) is 28.6. The average Bonchev–Trinajstić information content (AvgIpc) is 3.40. The van der Waals surface area contributed by atoms with E-state index in [9.17, 15) is 19.2 Å². The third kappa shape index (κ3) is 7.35. The van der Waals surface area contributed by atoms with E-state index in [0.717, 1.165) is 28.0 Å². The molecule has 0 aliphatic heterocycles. The van der Waals surface area contributed by atoms with Crippen LogP contribution in [-0.2, 0) is 23.9 Å². The summed E-state index contributed by atoms with van der Waals surface area (Å²) in [6.45, 7) is 8.22. The van der Waals surface area contributed by atoms with Gasteiger partial charge in [0.05, 0.1) is 19.6 Å².